The summed E-state index contributed by atoms with van der Waals surface area (Å²) in [7, 11) is 0. The van der Waals surface area contributed by atoms with E-state index < -0.39 is 35.9 Å². The van der Waals surface area contributed by atoms with Crippen molar-refractivity contribution in [3.63, 3.8) is 0 Å². The average Bonchev–Trinajstić information content (AvgIpc) is 2.75. The fraction of sp³-hybridized carbons (Fsp3) is 0.700. The largest absolute Gasteiger partial charge is 0.408 e. The number of carbonyl (C=O) groups is 3. The first-order chi connectivity index (χ1) is 8.62. The quantitative estimate of drug-likeness (QED) is 0.661. The zero-order valence-electron chi connectivity index (χ0n) is 10.2. The molecule has 0 aromatic rings. The van der Waals surface area contributed by atoms with Gasteiger partial charge in [0.1, 0.15) is 6.04 Å². The van der Waals surface area contributed by atoms with Gasteiger partial charge in [-0.15, -0.1) is 0 Å². The highest BCUT2D eigenvalue weighted by Gasteiger charge is 2.39. The number of amides is 3. The zero-order valence-corrected chi connectivity index (χ0v) is 10.2. The molecular formula is C10H14F3N3O3. The van der Waals surface area contributed by atoms with Crippen molar-refractivity contribution < 1.29 is 27.6 Å². The van der Waals surface area contributed by atoms with Gasteiger partial charge in [0.15, 0.2) is 0 Å². The van der Waals surface area contributed by atoms with Crippen LogP contribution >= 0.6 is 0 Å². The molecule has 9 heteroatoms. The molecule has 0 saturated carbocycles. The van der Waals surface area contributed by atoms with Crippen LogP contribution in [0.3, 0.4) is 0 Å². The van der Waals surface area contributed by atoms with Crippen molar-refractivity contribution in [1.82, 2.24) is 10.2 Å². The summed E-state index contributed by atoms with van der Waals surface area (Å²) in [4.78, 5) is 34.8. The molecule has 0 spiro atoms. The molecule has 19 heavy (non-hydrogen) atoms. The fourth-order valence-electron chi connectivity index (χ4n) is 1.66. The highest BCUT2D eigenvalue weighted by molar-refractivity contribution is 6.35. The minimum absolute atomic E-state index is 0.0397. The number of hydrogen-bond acceptors (Lipinski definition) is 3. The van der Waals surface area contributed by atoms with Crippen molar-refractivity contribution in [1.29, 1.82) is 0 Å². The van der Waals surface area contributed by atoms with E-state index in [0.29, 0.717) is 6.42 Å². The Labute approximate surface area is 107 Å². The van der Waals surface area contributed by atoms with Crippen LogP contribution in [0.25, 0.3) is 0 Å². The lowest BCUT2D eigenvalue weighted by Crippen LogP contribution is -2.49. The molecule has 108 valence electrons. The van der Waals surface area contributed by atoms with Crippen molar-refractivity contribution >= 4 is 17.7 Å². The lowest BCUT2D eigenvalue weighted by molar-refractivity contribution is -0.162. The number of likely N-dealkylation sites (tertiary alicyclic amines) is 1. The third-order valence-corrected chi connectivity index (χ3v) is 2.91. The number of nitrogens with one attached hydrogen (secondary N) is 1. The molecule has 6 nitrogen and oxygen atoms in total. The van der Waals surface area contributed by atoms with Crippen LogP contribution in [0, 0.1) is 5.92 Å². The molecule has 1 heterocycles. The molecule has 0 bridgehead atoms. The summed E-state index contributed by atoms with van der Waals surface area (Å²) >= 11 is 0. The van der Waals surface area contributed by atoms with Crippen molar-refractivity contribution in [3.05, 3.63) is 0 Å². The zero-order chi connectivity index (χ0) is 14.8. The van der Waals surface area contributed by atoms with Crippen LogP contribution in [0.1, 0.15) is 13.3 Å². The van der Waals surface area contributed by atoms with Gasteiger partial charge in [0, 0.05) is 13.1 Å². The predicted molar refractivity (Wildman–Crippen MR) is 57.5 cm³/mol. The fourth-order valence-corrected chi connectivity index (χ4v) is 1.66. The van der Waals surface area contributed by atoms with Gasteiger partial charge < -0.3 is 16.0 Å². The summed E-state index contributed by atoms with van der Waals surface area (Å²) in [6.45, 7) is 0.823. The Morgan fingerprint density at radius 2 is 1.95 bits per heavy atom. The van der Waals surface area contributed by atoms with Gasteiger partial charge in [0.05, 0.1) is 5.92 Å². The summed E-state index contributed by atoms with van der Waals surface area (Å²) in [6.07, 6.45) is -4.31. The van der Waals surface area contributed by atoms with Crippen LogP contribution < -0.4 is 11.1 Å². The summed E-state index contributed by atoms with van der Waals surface area (Å²) in [5, 5.41) is 1.57. The first kappa shape index (κ1) is 15.3. The van der Waals surface area contributed by atoms with Crippen LogP contribution in [0.4, 0.5) is 13.2 Å². The topological polar surface area (TPSA) is 92.5 Å². The number of nitrogens with zero attached hydrogens (tertiary/aromatic N) is 1. The van der Waals surface area contributed by atoms with Crippen LogP contribution in [-0.4, -0.2) is 47.9 Å². The maximum Gasteiger partial charge on any atom is 0.408 e. The number of carbonyl (C=O) groups excluding carboxylic acids is 3. The van der Waals surface area contributed by atoms with E-state index in [2.05, 4.69) is 0 Å². The Balaban J connectivity index is 2.55. The third-order valence-electron chi connectivity index (χ3n) is 2.91. The standard InChI is InChI=1S/C10H14F3N3O3/c1-5(10(11,12)13)15-8(18)9(19)16-3-2-6(4-16)7(14)17/h5-6H,2-4H2,1H3,(H2,14,17)(H,15,18)/t5-,6?/m1/s1. The van der Waals surface area contributed by atoms with Crippen molar-refractivity contribution in [2.24, 2.45) is 11.7 Å². The lowest BCUT2D eigenvalue weighted by atomic mass is 10.1. The van der Waals surface area contributed by atoms with E-state index >= 15 is 0 Å². The number of alkyl halides is 3. The molecule has 0 aromatic carbocycles. The van der Waals surface area contributed by atoms with Gasteiger partial charge in [-0.1, -0.05) is 0 Å². The SMILES string of the molecule is C[C@@H](NC(=O)C(=O)N1CCC(C(N)=O)C1)C(F)(F)F. The van der Waals surface area contributed by atoms with Gasteiger partial charge in [-0.3, -0.25) is 14.4 Å². The normalized spacial score (nSPS) is 21.1. The van der Waals surface area contributed by atoms with E-state index in [-0.39, 0.29) is 13.1 Å². The Kier molecular flexibility index (Phi) is 4.38. The molecule has 0 radical (unpaired) electrons. The molecule has 3 amide bonds. The van der Waals surface area contributed by atoms with Gasteiger partial charge in [-0.25, -0.2) is 0 Å². The average molecular weight is 281 g/mol. The molecule has 1 rings (SSSR count). The number of nitrogens with two attached hydrogens (primary N) is 1. The molecule has 0 aliphatic carbocycles. The molecule has 3 N–H and O–H groups in total. The highest BCUT2D eigenvalue weighted by Crippen LogP contribution is 2.20. The molecule has 1 unspecified atom stereocenters. The molecule has 2 atom stereocenters. The first-order valence-electron chi connectivity index (χ1n) is 5.58. The second kappa shape index (κ2) is 5.45. The van der Waals surface area contributed by atoms with Gasteiger partial charge in [-0.05, 0) is 13.3 Å². The van der Waals surface area contributed by atoms with E-state index in [1.807, 2.05) is 0 Å². The maximum absolute atomic E-state index is 12.2. The number of halogens is 3. The highest BCUT2D eigenvalue weighted by atomic mass is 19.4. The minimum atomic E-state index is -4.61. The summed E-state index contributed by atoms with van der Waals surface area (Å²) in [5.41, 5.74) is 5.05. The van der Waals surface area contributed by atoms with Crippen molar-refractivity contribution in [2.45, 2.75) is 25.6 Å². The first-order valence-corrected chi connectivity index (χ1v) is 5.58. The number of primary amides is 1. The van der Waals surface area contributed by atoms with E-state index in [4.69, 9.17) is 5.73 Å². The van der Waals surface area contributed by atoms with E-state index in [9.17, 15) is 27.6 Å². The van der Waals surface area contributed by atoms with Gasteiger partial charge in [0.2, 0.25) is 5.91 Å². The Morgan fingerprint density at radius 1 is 1.37 bits per heavy atom. The van der Waals surface area contributed by atoms with Crippen molar-refractivity contribution in [2.75, 3.05) is 13.1 Å². The Morgan fingerprint density at radius 3 is 2.37 bits per heavy atom. The molecule has 1 aliphatic rings. The lowest BCUT2D eigenvalue weighted by Gasteiger charge is -2.19. The summed E-state index contributed by atoms with van der Waals surface area (Å²) < 4.78 is 36.7. The van der Waals surface area contributed by atoms with Crippen LogP contribution in [0.2, 0.25) is 0 Å². The van der Waals surface area contributed by atoms with Gasteiger partial charge >= 0.3 is 18.0 Å². The molecular weight excluding hydrogens is 267 g/mol. The summed E-state index contributed by atoms with van der Waals surface area (Å²) in [6, 6.07) is -2.11. The minimum Gasteiger partial charge on any atom is -0.369 e. The number of hydrogen-bond donors (Lipinski definition) is 2. The molecule has 1 fully saturated rings. The second-order valence-electron chi connectivity index (χ2n) is 4.38. The predicted octanol–water partition coefficient (Wildman–Crippen LogP) is -0.613. The van der Waals surface area contributed by atoms with Crippen LogP contribution in [0.5, 0.6) is 0 Å². The molecule has 1 saturated heterocycles. The smallest absolute Gasteiger partial charge is 0.369 e. The van der Waals surface area contributed by atoms with E-state index in [1.165, 1.54) is 0 Å². The van der Waals surface area contributed by atoms with E-state index in [0.717, 1.165) is 11.8 Å². The molecule has 0 aromatic heterocycles. The van der Waals surface area contributed by atoms with Gasteiger partial charge in [0.25, 0.3) is 0 Å². The summed E-state index contributed by atoms with van der Waals surface area (Å²) in [5.74, 6) is -3.58. The molecule has 1 aliphatic heterocycles. The van der Waals surface area contributed by atoms with Crippen LogP contribution in [0.15, 0.2) is 0 Å². The Bertz CT molecular complexity index is 397. The van der Waals surface area contributed by atoms with Gasteiger partial charge in [-0.2, -0.15) is 13.2 Å². The van der Waals surface area contributed by atoms with Crippen molar-refractivity contribution in [3.8, 4) is 0 Å². The monoisotopic (exact) mass is 281 g/mol. The number of rotatable bonds is 2. The maximum atomic E-state index is 12.2. The van der Waals surface area contributed by atoms with E-state index in [1.54, 1.807) is 5.32 Å². The van der Waals surface area contributed by atoms with Crippen LogP contribution in [-0.2, 0) is 14.4 Å². The second-order valence-corrected chi connectivity index (χ2v) is 4.38. The Hall–Kier alpha value is -1.80. The third kappa shape index (κ3) is 3.83.